The molecule has 9 heteroatoms. The summed E-state index contributed by atoms with van der Waals surface area (Å²) < 4.78 is 39.5. The fourth-order valence-electron chi connectivity index (χ4n) is 4.93. The SMILES string of the molecule is O=C1[C@H]2C3CCC(C3)[C@H]2C(O)N1c1ccc([N+](=O)[O-])c(C(F)(F)F)c1. The molecular weight excluding hydrogens is 341 g/mol. The molecule has 25 heavy (non-hydrogen) atoms. The molecule has 2 aliphatic carbocycles. The minimum Gasteiger partial charge on any atom is -0.373 e. The average molecular weight is 356 g/mol. The van der Waals surface area contributed by atoms with Gasteiger partial charge in [0.1, 0.15) is 11.8 Å². The van der Waals surface area contributed by atoms with E-state index < -0.39 is 28.6 Å². The van der Waals surface area contributed by atoms with Crippen LogP contribution in [0, 0.1) is 33.8 Å². The molecule has 1 aromatic carbocycles. The van der Waals surface area contributed by atoms with Gasteiger partial charge in [0.05, 0.1) is 4.92 Å². The first-order valence-electron chi connectivity index (χ1n) is 8.07. The number of hydrogen-bond acceptors (Lipinski definition) is 4. The van der Waals surface area contributed by atoms with Crippen LogP contribution in [0.25, 0.3) is 0 Å². The molecule has 5 atom stereocenters. The highest BCUT2D eigenvalue weighted by Crippen LogP contribution is 2.58. The lowest BCUT2D eigenvalue weighted by molar-refractivity contribution is -0.388. The number of rotatable bonds is 2. The predicted octanol–water partition coefficient (Wildman–Crippen LogP) is 2.94. The van der Waals surface area contributed by atoms with Crippen molar-refractivity contribution in [2.24, 2.45) is 23.7 Å². The van der Waals surface area contributed by atoms with Gasteiger partial charge in [-0.2, -0.15) is 13.2 Å². The standard InChI is InChI=1S/C16H15F3N2O4/c17-16(18,19)10-6-9(3-4-11(10)21(24)25)20-14(22)12-7-1-2-8(5-7)13(12)15(20)23/h3-4,6-8,12-14,22H,1-2,5H2/t7?,8?,12-,13+,14?/m1/s1. The minimum atomic E-state index is -4.93. The molecule has 1 aliphatic heterocycles. The zero-order valence-electron chi connectivity index (χ0n) is 12.9. The second-order valence-electron chi connectivity index (χ2n) is 7.01. The maximum atomic E-state index is 13.2. The van der Waals surface area contributed by atoms with Gasteiger partial charge in [0.15, 0.2) is 0 Å². The van der Waals surface area contributed by atoms with E-state index in [4.69, 9.17) is 0 Å². The van der Waals surface area contributed by atoms with Gasteiger partial charge in [0.25, 0.3) is 5.69 Å². The number of nitro groups is 1. The third kappa shape index (κ3) is 2.25. The Bertz CT molecular complexity index is 766. The van der Waals surface area contributed by atoms with Gasteiger partial charge in [0, 0.05) is 23.6 Å². The number of anilines is 1. The number of carbonyl (C=O) groups is 1. The molecule has 4 rings (SSSR count). The summed E-state index contributed by atoms with van der Waals surface area (Å²) in [7, 11) is 0. The molecule has 1 saturated heterocycles. The van der Waals surface area contributed by atoms with E-state index in [9.17, 15) is 33.2 Å². The molecule has 0 spiro atoms. The van der Waals surface area contributed by atoms with Crippen molar-refractivity contribution in [2.45, 2.75) is 31.7 Å². The summed E-state index contributed by atoms with van der Waals surface area (Å²) >= 11 is 0. The van der Waals surface area contributed by atoms with Gasteiger partial charge in [-0.1, -0.05) is 0 Å². The number of nitrogens with zero attached hydrogens (tertiary/aromatic N) is 2. The number of amides is 1. The van der Waals surface area contributed by atoms with Gasteiger partial charge in [-0.15, -0.1) is 0 Å². The van der Waals surface area contributed by atoms with Crippen molar-refractivity contribution in [1.82, 2.24) is 0 Å². The molecule has 6 nitrogen and oxygen atoms in total. The Kier molecular flexibility index (Phi) is 3.37. The summed E-state index contributed by atoms with van der Waals surface area (Å²) in [6, 6.07) is 2.42. The van der Waals surface area contributed by atoms with E-state index in [0.717, 1.165) is 36.3 Å². The summed E-state index contributed by atoms with van der Waals surface area (Å²) in [6.45, 7) is 0. The van der Waals surface area contributed by atoms with Crippen LogP contribution in [0.4, 0.5) is 24.5 Å². The number of alkyl halides is 3. The van der Waals surface area contributed by atoms with Crippen molar-refractivity contribution in [2.75, 3.05) is 4.90 Å². The predicted molar refractivity (Wildman–Crippen MR) is 79.4 cm³/mol. The second kappa shape index (κ2) is 5.17. The number of nitro benzene ring substituents is 1. The number of aliphatic hydroxyl groups is 1. The van der Waals surface area contributed by atoms with Gasteiger partial charge in [-0.25, -0.2) is 0 Å². The Labute approximate surface area is 140 Å². The van der Waals surface area contributed by atoms with E-state index in [2.05, 4.69) is 0 Å². The fraction of sp³-hybridized carbons (Fsp3) is 0.562. The molecule has 0 radical (unpaired) electrons. The highest BCUT2D eigenvalue weighted by atomic mass is 19.4. The van der Waals surface area contributed by atoms with E-state index in [-0.39, 0.29) is 35.3 Å². The molecule has 2 saturated carbocycles. The monoisotopic (exact) mass is 356 g/mol. The first-order chi connectivity index (χ1) is 11.7. The van der Waals surface area contributed by atoms with Gasteiger partial charge in [0.2, 0.25) is 5.91 Å². The van der Waals surface area contributed by atoms with E-state index in [1.807, 2.05) is 0 Å². The van der Waals surface area contributed by atoms with Crippen LogP contribution in [-0.2, 0) is 11.0 Å². The zero-order chi connectivity index (χ0) is 18.1. The van der Waals surface area contributed by atoms with Crippen LogP contribution in [-0.4, -0.2) is 22.2 Å². The molecule has 134 valence electrons. The molecule has 1 N–H and O–H groups in total. The van der Waals surface area contributed by atoms with Crippen molar-refractivity contribution in [3.05, 3.63) is 33.9 Å². The van der Waals surface area contributed by atoms with Crippen molar-refractivity contribution >= 4 is 17.3 Å². The van der Waals surface area contributed by atoms with Crippen molar-refractivity contribution in [1.29, 1.82) is 0 Å². The Hall–Kier alpha value is -2.16. The lowest BCUT2D eigenvalue weighted by atomic mass is 9.81. The van der Waals surface area contributed by atoms with E-state index in [1.165, 1.54) is 0 Å². The lowest BCUT2D eigenvalue weighted by Gasteiger charge is -2.26. The molecule has 1 amide bonds. The number of hydrogen-bond donors (Lipinski definition) is 1. The molecule has 1 aromatic rings. The molecule has 3 unspecified atom stereocenters. The van der Waals surface area contributed by atoms with E-state index in [1.54, 1.807) is 0 Å². The highest BCUT2D eigenvalue weighted by Gasteiger charge is 2.60. The summed E-state index contributed by atoms with van der Waals surface area (Å²) in [5.41, 5.74) is -2.64. The average Bonchev–Trinajstić information content (AvgIpc) is 3.20. The summed E-state index contributed by atoms with van der Waals surface area (Å²) in [5, 5.41) is 21.4. The van der Waals surface area contributed by atoms with Crippen molar-refractivity contribution in [3.8, 4) is 0 Å². The second-order valence-corrected chi connectivity index (χ2v) is 7.01. The molecule has 3 aliphatic rings. The number of aliphatic hydroxyl groups excluding tert-OH is 1. The topological polar surface area (TPSA) is 83.7 Å². The third-order valence-corrected chi connectivity index (χ3v) is 5.87. The van der Waals surface area contributed by atoms with Gasteiger partial charge < -0.3 is 5.11 Å². The lowest BCUT2D eigenvalue weighted by Crippen LogP contribution is -2.37. The van der Waals surface area contributed by atoms with Crippen LogP contribution in [0.3, 0.4) is 0 Å². The third-order valence-electron chi connectivity index (χ3n) is 5.87. The maximum absolute atomic E-state index is 13.2. The van der Waals surface area contributed by atoms with Gasteiger partial charge in [-0.05, 0) is 43.2 Å². The maximum Gasteiger partial charge on any atom is 0.423 e. The summed E-state index contributed by atoms with van der Waals surface area (Å²) in [5.74, 6) is -0.637. The van der Waals surface area contributed by atoms with Crippen LogP contribution in [0.1, 0.15) is 24.8 Å². The van der Waals surface area contributed by atoms with E-state index >= 15 is 0 Å². The molecule has 1 heterocycles. The summed E-state index contributed by atoms with van der Waals surface area (Å²) in [6.07, 6.45) is -3.43. The first kappa shape index (κ1) is 16.3. The van der Waals surface area contributed by atoms with Crippen LogP contribution >= 0.6 is 0 Å². The van der Waals surface area contributed by atoms with E-state index in [0.29, 0.717) is 6.07 Å². The summed E-state index contributed by atoms with van der Waals surface area (Å²) in [4.78, 5) is 23.5. The quantitative estimate of drug-likeness (QED) is 0.652. The molecule has 0 aromatic heterocycles. The Morgan fingerprint density at radius 3 is 2.52 bits per heavy atom. The number of carbonyl (C=O) groups excluding carboxylic acids is 1. The van der Waals surface area contributed by atoms with Crippen molar-refractivity contribution < 1.29 is 28.0 Å². The Morgan fingerprint density at radius 2 is 1.92 bits per heavy atom. The molecular formula is C16H15F3N2O4. The molecule has 3 fully saturated rings. The van der Waals surface area contributed by atoms with Gasteiger partial charge in [-0.3, -0.25) is 19.8 Å². The minimum absolute atomic E-state index is 0.149. The van der Waals surface area contributed by atoms with Crippen LogP contribution in [0.5, 0.6) is 0 Å². The Morgan fingerprint density at radius 1 is 1.24 bits per heavy atom. The number of halogens is 3. The smallest absolute Gasteiger partial charge is 0.373 e. The molecule has 2 bridgehead atoms. The normalized spacial score (nSPS) is 33.8. The van der Waals surface area contributed by atoms with Crippen LogP contribution in [0.15, 0.2) is 18.2 Å². The number of fused-ring (bicyclic) bond motifs is 5. The van der Waals surface area contributed by atoms with Crippen molar-refractivity contribution in [3.63, 3.8) is 0 Å². The fourth-order valence-corrected chi connectivity index (χ4v) is 4.93. The van der Waals surface area contributed by atoms with Crippen LogP contribution < -0.4 is 4.90 Å². The first-order valence-corrected chi connectivity index (χ1v) is 8.07. The highest BCUT2D eigenvalue weighted by molar-refractivity contribution is 5.99. The Balaban J connectivity index is 1.75. The van der Waals surface area contributed by atoms with Crippen LogP contribution in [0.2, 0.25) is 0 Å². The zero-order valence-corrected chi connectivity index (χ0v) is 12.9. The largest absolute Gasteiger partial charge is 0.423 e. The number of benzene rings is 1. The van der Waals surface area contributed by atoms with Gasteiger partial charge >= 0.3 is 6.18 Å².